The molecule has 2 rings (SSSR count). The number of benzene rings is 2. The predicted molar refractivity (Wildman–Crippen MR) is 61.3 cm³/mol. The molecule has 71 valence electrons. The largest absolute Gasteiger partial charge is 0.0625 e. The first-order chi connectivity index (χ1) is 6.75. The van der Waals surface area contributed by atoms with Crippen LogP contribution in [0.25, 0.3) is 10.8 Å². The summed E-state index contributed by atoms with van der Waals surface area (Å²) in [5.74, 6) is 0.701. The zero-order chi connectivity index (χ0) is 9.97. The number of hydrogen-bond donors (Lipinski definition) is 0. The maximum Gasteiger partial charge on any atom is -0.00642 e. The van der Waals surface area contributed by atoms with Crippen molar-refractivity contribution in [2.45, 2.75) is 20.3 Å². The van der Waals surface area contributed by atoms with Gasteiger partial charge in [-0.2, -0.15) is 0 Å². The lowest BCUT2D eigenvalue weighted by molar-refractivity contribution is 0.647. The topological polar surface area (TPSA) is 0 Å². The van der Waals surface area contributed by atoms with E-state index in [1.807, 2.05) is 0 Å². The van der Waals surface area contributed by atoms with Crippen molar-refractivity contribution in [2.24, 2.45) is 5.92 Å². The summed E-state index contributed by atoms with van der Waals surface area (Å²) in [6.45, 7) is 4.48. The van der Waals surface area contributed by atoms with Gasteiger partial charge in [0, 0.05) is 0 Å². The van der Waals surface area contributed by atoms with Gasteiger partial charge in [0.15, 0.2) is 0 Å². The Morgan fingerprint density at radius 3 is 2.64 bits per heavy atom. The van der Waals surface area contributed by atoms with Crippen LogP contribution in [-0.2, 0) is 6.42 Å². The van der Waals surface area contributed by atoms with E-state index in [9.17, 15) is 0 Å². The predicted octanol–water partition coefficient (Wildman–Crippen LogP) is 3.84. The lowest BCUT2D eigenvalue weighted by Gasteiger charge is -2.05. The van der Waals surface area contributed by atoms with Crippen molar-refractivity contribution in [3.63, 3.8) is 0 Å². The van der Waals surface area contributed by atoms with Crippen molar-refractivity contribution in [1.29, 1.82) is 0 Å². The van der Waals surface area contributed by atoms with Crippen molar-refractivity contribution >= 4 is 10.8 Å². The van der Waals surface area contributed by atoms with E-state index in [1.165, 1.54) is 16.3 Å². The van der Waals surface area contributed by atoms with Crippen LogP contribution in [0.4, 0.5) is 0 Å². The van der Waals surface area contributed by atoms with Crippen LogP contribution in [0.3, 0.4) is 0 Å². The zero-order valence-corrected chi connectivity index (χ0v) is 8.75. The molecule has 0 saturated heterocycles. The van der Waals surface area contributed by atoms with Crippen molar-refractivity contribution in [2.75, 3.05) is 0 Å². The molecule has 0 saturated carbocycles. The van der Waals surface area contributed by atoms with E-state index in [1.54, 1.807) is 0 Å². The Morgan fingerprint density at radius 1 is 1.07 bits per heavy atom. The Labute approximate surface area is 85.6 Å². The highest BCUT2D eigenvalue weighted by atomic mass is 14.0. The van der Waals surface area contributed by atoms with Crippen LogP contribution in [0.5, 0.6) is 0 Å². The molecule has 1 radical (unpaired) electrons. The van der Waals surface area contributed by atoms with E-state index < -0.39 is 0 Å². The fourth-order valence-electron chi connectivity index (χ4n) is 1.72. The maximum atomic E-state index is 3.46. The van der Waals surface area contributed by atoms with Gasteiger partial charge in [-0.25, -0.2) is 0 Å². The SMILES string of the molecule is CC(C)Cc1[c]c2ccccc2cc1. The lowest BCUT2D eigenvalue weighted by atomic mass is 10.00. The van der Waals surface area contributed by atoms with E-state index in [0.717, 1.165) is 6.42 Å². The van der Waals surface area contributed by atoms with Crippen molar-refractivity contribution in [3.05, 3.63) is 48.0 Å². The minimum atomic E-state index is 0.701. The van der Waals surface area contributed by atoms with Crippen LogP contribution in [0.15, 0.2) is 36.4 Å². The molecule has 14 heavy (non-hydrogen) atoms. The zero-order valence-electron chi connectivity index (χ0n) is 8.75. The van der Waals surface area contributed by atoms with Crippen LogP contribution in [0, 0.1) is 12.0 Å². The Bertz CT molecular complexity index is 427. The average Bonchev–Trinajstić information content (AvgIpc) is 2.17. The van der Waals surface area contributed by atoms with E-state index in [0.29, 0.717) is 5.92 Å². The van der Waals surface area contributed by atoms with Gasteiger partial charge in [0.1, 0.15) is 0 Å². The summed E-state index contributed by atoms with van der Waals surface area (Å²) >= 11 is 0. The molecule has 0 bridgehead atoms. The van der Waals surface area contributed by atoms with E-state index in [-0.39, 0.29) is 0 Å². The van der Waals surface area contributed by atoms with Crippen LogP contribution in [0.1, 0.15) is 19.4 Å². The average molecular weight is 183 g/mol. The van der Waals surface area contributed by atoms with Crippen LogP contribution >= 0.6 is 0 Å². The van der Waals surface area contributed by atoms with Crippen LogP contribution < -0.4 is 0 Å². The molecule has 0 heteroatoms. The lowest BCUT2D eigenvalue weighted by Crippen LogP contribution is -1.93. The monoisotopic (exact) mass is 183 g/mol. The third-order valence-corrected chi connectivity index (χ3v) is 2.35. The molecule has 0 unspecified atom stereocenters. The third kappa shape index (κ3) is 1.95. The summed E-state index contributed by atoms with van der Waals surface area (Å²) in [5.41, 5.74) is 1.32. The number of rotatable bonds is 2. The van der Waals surface area contributed by atoms with Gasteiger partial charge >= 0.3 is 0 Å². The fourth-order valence-corrected chi connectivity index (χ4v) is 1.72. The van der Waals surface area contributed by atoms with Gasteiger partial charge in [0.2, 0.25) is 0 Å². The van der Waals surface area contributed by atoms with E-state index >= 15 is 0 Å². The Kier molecular flexibility index (Phi) is 2.53. The summed E-state index contributed by atoms with van der Waals surface area (Å²) in [6.07, 6.45) is 1.12. The Balaban J connectivity index is 2.41. The molecule has 0 heterocycles. The molecule has 0 N–H and O–H groups in total. The van der Waals surface area contributed by atoms with Crippen molar-refractivity contribution in [3.8, 4) is 0 Å². The number of hydrogen-bond acceptors (Lipinski definition) is 0. The normalized spacial score (nSPS) is 11.1. The summed E-state index contributed by atoms with van der Waals surface area (Å²) in [6, 6.07) is 16.2. The molecule has 0 nitrogen and oxygen atoms in total. The first-order valence-electron chi connectivity index (χ1n) is 5.15. The molecule has 0 fully saturated rings. The first-order valence-corrected chi connectivity index (χ1v) is 5.15. The standard InChI is InChI=1S/C14H15/c1-11(2)9-12-7-8-13-5-3-4-6-14(13)10-12/h3-8,11H,9H2,1-2H3. The van der Waals surface area contributed by atoms with Gasteiger partial charge in [-0.3, -0.25) is 0 Å². The highest BCUT2D eigenvalue weighted by molar-refractivity contribution is 5.82. The fraction of sp³-hybridized carbons (Fsp3) is 0.286. The molecule has 0 aliphatic rings. The Morgan fingerprint density at radius 2 is 1.86 bits per heavy atom. The van der Waals surface area contributed by atoms with Gasteiger partial charge in [0.05, 0.1) is 0 Å². The molecule has 0 aromatic heterocycles. The van der Waals surface area contributed by atoms with Gasteiger partial charge in [-0.05, 0) is 34.7 Å². The molecule has 0 atom stereocenters. The van der Waals surface area contributed by atoms with E-state index in [4.69, 9.17) is 0 Å². The van der Waals surface area contributed by atoms with Gasteiger partial charge in [-0.1, -0.05) is 50.2 Å². The quantitative estimate of drug-likeness (QED) is 0.663. The van der Waals surface area contributed by atoms with Gasteiger partial charge in [0.25, 0.3) is 0 Å². The molecular formula is C14H15. The molecule has 0 spiro atoms. The minimum Gasteiger partial charge on any atom is -0.0625 e. The summed E-state index contributed by atoms with van der Waals surface area (Å²) in [7, 11) is 0. The molecule has 0 aliphatic carbocycles. The molecule has 2 aromatic carbocycles. The molecule has 0 aliphatic heterocycles. The second-order valence-corrected chi connectivity index (χ2v) is 4.17. The summed E-state index contributed by atoms with van der Waals surface area (Å²) in [5, 5.41) is 2.51. The summed E-state index contributed by atoms with van der Waals surface area (Å²) in [4.78, 5) is 0. The molecular weight excluding hydrogens is 168 g/mol. The van der Waals surface area contributed by atoms with Crippen LogP contribution in [-0.4, -0.2) is 0 Å². The second kappa shape index (κ2) is 3.83. The van der Waals surface area contributed by atoms with Crippen molar-refractivity contribution < 1.29 is 0 Å². The highest BCUT2D eigenvalue weighted by Crippen LogP contribution is 2.16. The first kappa shape index (κ1) is 9.26. The molecule has 2 aromatic rings. The molecule has 0 amide bonds. The van der Waals surface area contributed by atoms with Gasteiger partial charge < -0.3 is 0 Å². The Hall–Kier alpha value is -1.30. The maximum absolute atomic E-state index is 3.46. The van der Waals surface area contributed by atoms with Gasteiger partial charge in [-0.15, -0.1) is 0 Å². The summed E-state index contributed by atoms with van der Waals surface area (Å²) < 4.78 is 0. The minimum absolute atomic E-state index is 0.701. The number of fused-ring (bicyclic) bond motifs is 1. The second-order valence-electron chi connectivity index (χ2n) is 4.17. The highest BCUT2D eigenvalue weighted by Gasteiger charge is 1.99. The van der Waals surface area contributed by atoms with Crippen LogP contribution in [0.2, 0.25) is 0 Å². The van der Waals surface area contributed by atoms with Crippen molar-refractivity contribution in [1.82, 2.24) is 0 Å². The third-order valence-electron chi connectivity index (χ3n) is 2.35. The smallest absolute Gasteiger partial charge is 0.00642 e. The van der Waals surface area contributed by atoms with E-state index in [2.05, 4.69) is 56.3 Å².